The molecule has 0 amide bonds. The molecule has 0 saturated heterocycles. The summed E-state index contributed by atoms with van der Waals surface area (Å²) >= 11 is 0. The lowest BCUT2D eigenvalue weighted by Crippen LogP contribution is -1.92. The average Bonchev–Trinajstić information content (AvgIpc) is 2.19. The first-order chi connectivity index (χ1) is 6.49. The lowest BCUT2D eigenvalue weighted by atomic mass is 10.0. The van der Waals surface area contributed by atoms with Gasteiger partial charge in [0.15, 0.2) is 0 Å². The summed E-state index contributed by atoms with van der Waals surface area (Å²) in [7, 11) is 1.62. The standard InChI is InChI=1S/C11H18O.C2H6/c1-8(2)9(3)7-10(4)11(5)12-6;1-2/h7-8H,3,5H2,1-2,4,6H3;1-2H3/b10-7-;. The molecule has 0 spiro atoms. The zero-order valence-electron chi connectivity index (χ0n) is 10.5. The monoisotopic (exact) mass is 196 g/mol. The Labute approximate surface area is 89.2 Å². The van der Waals surface area contributed by atoms with E-state index >= 15 is 0 Å². The minimum atomic E-state index is 0.476. The molecule has 0 aliphatic carbocycles. The number of ether oxygens (including phenoxy) is 1. The van der Waals surface area contributed by atoms with Crippen LogP contribution in [-0.2, 0) is 4.74 Å². The maximum Gasteiger partial charge on any atom is 0.114 e. The third kappa shape index (κ3) is 6.53. The van der Waals surface area contributed by atoms with Crippen molar-refractivity contribution in [1.82, 2.24) is 0 Å². The molecule has 0 heterocycles. The molecule has 0 aliphatic heterocycles. The van der Waals surface area contributed by atoms with Crippen LogP contribution in [0.3, 0.4) is 0 Å². The lowest BCUT2D eigenvalue weighted by Gasteiger charge is -2.07. The second-order valence-corrected chi connectivity index (χ2v) is 3.18. The Hall–Kier alpha value is -0.980. The Kier molecular flexibility index (Phi) is 9.53. The van der Waals surface area contributed by atoms with Gasteiger partial charge in [-0.25, -0.2) is 0 Å². The zero-order valence-corrected chi connectivity index (χ0v) is 10.5. The smallest absolute Gasteiger partial charge is 0.114 e. The third-order valence-corrected chi connectivity index (χ3v) is 1.83. The molecule has 0 radical (unpaired) electrons. The van der Waals surface area contributed by atoms with Crippen LogP contribution in [0.4, 0.5) is 0 Å². The summed E-state index contributed by atoms with van der Waals surface area (Å²) in [6.07, 6.45) is 2.01. The number of hydrogen-bond acceptors (Lipinski definition) is 1. The van der Waals surface area contributed by atoms with Gasteiger partial charge in [-0.1, -0.05) is 52.5 Å². The molecule has 0 atom stereocenters. The Morgan fingerprint density at radius 1 is 1.21 bits per heavy atom. The van der Waals surface area contributed by atoms with Crippen molar-refractivity contribution in [3.63, 3.8) is 0 Å². The molecule has 0 saturated carbocycles. The lowest BCUT2D eigenvalue weighted by molar-refractivity contribution is 0.302. The fourth-order valence-corrected chi connectivity index (χ4v) is 0.686. The third-order valence-electron chi connectivity index (χ3n) is 1.83. The highest BCUT2D eigenvalue weighted by Crippen LogP contribution is 2.14. The Morgan fingerprint density at radius 3 is 1.93 bits per heavy atom. The van der Waals surface area contributed by atoms with Crippen molar-refractivity contribution in [2.45, 2.75) is 34.6 Å². The molecule has 1 nitrogen and oxygen atoms in total. The van der Waals surface area contributed by atoms with Crippen LogP contribution in [0.25, 0.3) is 0 Å². The first-order valence-corrected chi connectivity index (χ1v) is 5.09. The van der Waals surface area contributed by atoms with E-state index < -0.39 is 0 Å². The van der Waals surface area contributed by atoms with Gasteiger partial charge in [0.1, 0.15) is 5.76 Å². The first-order valence-electron chi connectivity index (χ1n) is 5.09. The summed E-state index contributed by atoms with van der Waals surface area (Å²) in [5.74, 6) is 1.18. The SMILES string of the molecule is C=C(OC)/C(C)=C\C(=C)C(C)C.CC. The van der Waals surface area contributed by atoms with Crippen LogP contribution in [0, 0.1) is 5.92 Å². The van der Waals surface area contributed by atoms with Crippen LogP contribution in [0.5, 0.6) is 0 Å². The van der Waals surface area contributed by atoms with E-state index in [1.165, 1.54) is 0 Å². The van der Waals surface area contributed by atoms with E-state index in [1.54, 1.807) is 7.11 Å². The van der Waals surface area contributed by atoms with Gasteiger partial charge >= 0.3 is 0 Å². The second-order valence-electron chi connectivity index (χ2n) is 3.18. The molecule has 0 aromatic carbocycles. The van der Waals surface area contributed by atoms with E-state index in [0.717, 1.165) is 11.1 Å². The zero-order chi connectivity index (χ0) is 11.7. The maximum atomic E-state index is 4.99. The van der Waals surface area contributed by atoms with Gasteiger partial charge in [-0.2, -0.15) is 0 Å². The summed E-state index contributed by atoms with van der Waals surface area (Å²) < 4.78 is 4.99. The van der Waals surface area contributed by atoms with Crippen molar-refractivity contribution >= 4 is 0 Å². The molecule has 14 heavy (non-hydrogen) atoms. The van der Waals surface area contributed by atoms with Crippen molar-refractivity contribution in [2.24, 2.45) is 5.92 Å². The van der Waals surface area contributed by atoms with Crippen LogP contribution in [0.1, 0.15) is 34.6 Å². The predicted octanol–water partition coefficient (Wildman–Crippen LogP) is 4.33. The predicted molar refractivity (Wildman–Crippen MR) is 65.2 cm³/mol. The van der Waals surface area contributed by atoms with Gasteiger partial charge in [-0.15, -0.1) is 0 Å². The molecule has 0 unspecified atom stereocenters. The van der Waals surface area contributed by atoms with E-state index in [9.17, 15) is 0 Å². The Balaban J connectivity index is 0. The van der Waals surface area contributed by atoms with Crippen LogP contribution in [0.2, 0.25) is 0 Å². The number of allylic oxidation sites excluding steroid dienone is 3. The Bertz CT molecular complexity index is 209. The molecule has 82 valence electrons. The van der Waals surface area contributed by atoms with Gasteiger partial charge in [0.05, 0.1) is 7.11 Å². The van der Waals surface area contributed by atoms with E-state index in [2.05, 4.69) is 27.0 Å². The second kappa shape index (κ2) is 8.61. The van der Waals surface area contributed by atoms with E-state index in [0.29, 0.717) is 11.7 Å². The van der Waals surface area contributed by atoms with Crippen LogP contribution in [0.15, 0.2) is 36.1 Å². The fraction of sp³-hybridized carbons (Fsp3) is 0.538. The molecule has 0 bridgehead atoms. The van der Waals surface area contributed by atoms with Gasteiger partial charge in [0.25, 0.3) is 0 Å². The summed E-state index contributed by atoms with van der Waals surface area (Å²) in [5, 5.41) is 0. The molecular formula is C13H24O. The van der Waals surface area contributed by atoms with Crippen molar-refractivity contribution in [3.05, 3.63) is 36.1 Å². The van der Waals surface area contributed by atoms with Gasteiger partial charge in [0, 0.05) is 0 Å². The van der Waals surface area contributed by atoms with E-state index in [4.69, 9.17) is 4.74 Å². The van der Waals surface area contributed by atoms with E-state index in [-0.39, 0.29) is 0 Å². The fourth-order valence-electron chi connectivity index (χ4n) is 0.686. The molecule has 0 N–H and O–H groups in total. The van der Waals surface area contributed by atoms with Gasteiger partial charge < -0.3 is 4.74 Å². The van der Waals surface area contributed by atoms with Crippen molar-refractivity contribution in [2.75, 3.05) is 7.11 Å². The van der Waals surface area contributed by atoms with Crippen molar-refractivity contribution in [3.8, 4) is 0 Å². The minimum absolute atomic E-state index is 0.476. The molecule has 0 fully saturated rings. The van der Waals surface area contributed by atoms with Gasteiger partial charge in [0.2, 0.25) is 0 Å². The quantitative estimate of drug-likeness (QED) is 0.480. The summed E-state index contributed by atoms with van der Waals surface area (Å²) in [6.45, 7) is 17.9. The number of rotatable bonds is 4. The van der Waals surface area contributed by atoms with Gasteiger partial charge in [-0.05, 0) is 18.4 Å². The Morgan fingerprint density at radius 2 is 1.64 bits per heavy atom. The highest BCUT2D eigenvalue weighted by Gasteiger charge is 1.99. The van der Waals surface area contributed by atoms with Crippen LogP contribution < -0.4 is 0 Å². The molecule has 1 heteroatoms. The molecule has 0 rings (SSSR count). The van der Waals surface area contributed by atoms with Crippen LogP contribution >= 0.6 is 0 Å². The summed E-state index contributed by atoms with van der Waals surface area (Å²) in [6, 6.07) is 0. The van der Waals surface area contributed by atoms with Crippen molar-refractivity contribution < 1.29 is 4.74 Å². The molecule has 0 aliphatic rings. The largest absolute Gasteiger partial charge is 0.497 e. The van der Waals surface area contributed by atoms with E-state index in [1.807, 2.05) is 26.8 Å². The van der Waals surface area contributed by atoms with Crippen molar-refractivity contribution in [1.29, 1.82) is 0 Å². The topological polar surface area (TPSA) is 9.23 Å². The molecular weight excluding hydrogens is 172 g/mol. The molecule has 0 aromatic rings. The summed E-state index contributed by atoms with van der Waals surface area (Å²) in [5.41, 5.74) is 2.14. The first kappa shape index (κ1) is 15.5. The number of methoxy groups -OCH3 is 1. The number of hydrogen-bond donors (Lipinski definition) is 0. The average molecular weight is 196 g/mol. The highest BCUT2D eigenvalue weighted by atomic mass is 16.5. The van der Waals surface area contributed by atoms with Crippen LogP contribution in [-0.4, -0.2) is 7.11 Å². The normalized spacial score (nSPS) is 10.4. The summed E-state index contributed by atoms with van der Waals surface area (Å²) in [4.78, 5) is 0. The minimum Gasteiger partial charge on any atom is -0.497 e. The highest BCUT2D eigenvalue weighted by molar-refractivity contribution is 5.30. The maximum absolute atomic E-state index is 4.99. The van der Waals surface area contributed by atoms with Gasteiger partial charge in [-0.3, -0.25) is 0 Å². The molecule has 0 aromatic heterocycles.